The Balaban J connectivity index is 1.84. The average Bonchev–Trinajstić information content (AvgIpc) is 2.97. The number of amides is 1. The molecule has 0 radical (unpaired) electrons. The van der Waals surface area contributed by atoms with E-state index >= 15 is 0 Å². The molecule has 0 atom stereocenters. The Morgan fingerprint density at radius 2 is 2.31 bits per heavy atom. The Labute approximate surface area is 97.4 Å². The fraction of sp³-hybridized carbons (Fsp3) is 0.167. The third kappa shape index (κ3) is 1.51. The maximum absolute atomic E-state index is 12.1. The highest BCUT2D eigenvalue weighted by atomic mass is 32.1. The van der Waals surface area contributed by atoms with Gasteiger partial charge in [-0.1, -0.05) is 6.07 Å². The molecule has 0 N–H and O–H groups in total. The highest BCUT2D eigenvalue weighted by Gasteiger charge is 2.24. The van der Waals surface area contributed by atoms with E-state index in [1.54, 1.807) is 17.5 Å². The van der Waals surface area contributed by atoms with E-state index in [4.69, 9.17) is 0 Å². The van der Waals surface area contributed by atoms with Crippen molar-refractivity contribution in [2.24, 2.45) is 0 Å². The summed E-state index contributed by atoms with van der Waals surface area (Å²) in [7, 11) is 0. The molecule has 0 saturated carbocycles. The number of hydrogen-bond donors (Lipinski definition) is 0. The van der Waals surface area contributed by atoms with Crippen LogP contribution in [0.1, 0.15) is 21.6 Å². The van der Waals surface area contributed by atoms with E-state index in [0.29, 0.717) is 13.1 Å². The molecule has 2 aromatic rings. The number of carbonyl (C=O) groups excluding carboxylic acids is 1. The number of carbonyl (C=O) groups is 1. The number of aromatic nitrogens is 1. The predicted octanol–water partition coefficient (Wildman–Crippen LogP) is 2.30. The van der Waals surface area contributed by atoms with Crippen molar-refractivity contribution < 1.29 is 4.79 Å². The van der Waals surface area contributed by atoms with Crippen molar-refractivity contribution in [1.29, 1.82) is 0 Å². The van der Waals surface area contributed by atoms with Gasteiger partial charge in [0.05, 0.1) is 17.8 Å². The van der Waals surface area contributed by atoms with Gasteiger partial charge in [0, 0.05) is 18.1 Å². The van der Waals surface area contributed by atoms with Crippen molar-refractivity contribution >= 4 is 17.2 Å². The van der Waals surface area contributed by atoms with Crippen LogP contribution in [0.5, 0.6) is 0 Å². The van der Waals surface area contributed by atoms with Crippen LogP contribution in [-0.2, 0) is 13.1 Å². The molecule has 80 valence electrons. The van der Waals surface area contributed by atoms with Gasteiger partial charge in [-0.05, 0) is 23.1 Å². The third-order valence-electron chi connectivity index (χ3n) is 2.74. The summed E-state index contributed by atoms with van der Waals surface area (Å²) < 4.78 is 0. The van der Waals surface area contributed by atoms with Gasteiger partial charge in [-0.3, -0.25) is 9.78 Å². The van der Waals surface area contributed by atoms with Crippen LogP contribution >= 0.6 is 11.3 Å². The molecule has 1 amide bonds. The van der Waals surface area contributed by atoms with Crippen molar-refractivity contribution in [3.63, 3.8) is 0 Å². The molecule has 0 aromatic carbocycles. The van der Waals surface area contributed by atoms with Crippen LogP contribution < -0.4 is 0 Å². The van der Waals surface area contributed by atoms with E-state index < -0.39 is 0 Å². The minimum Gasteiger partial charge on any atom is -0.328 e. The second-order valence-electron chi connectivity index (χ2n) is 3.78. The SMILES string of the molecule is O=C(c1ccsc1)N1Cc2cccnc2C1. The lowest BCUT2D eigenvalue weighted by molar-refractivity contribution is 0.0751. The molecule has 2 aromatic heterocycles. The molecule has 4 heteroatoms. The molecule has 0 spiro atoms. The zero-order valence-corrected chi connectivity index (χ0v) is 9.41. The van der Waals surface area contributed by atoms with Crippen LogP contribution in [0.3, 0.4) is 0 Å². The molecule has 1 aliphatic rings. The van der Waals surface area contributed by atoms with Gasteiger partial charge >= 0.3 is 0 Å². The first-order valence-corrected chi connectivity index (χ1v) is 6.03. The van der Waals surface area contributed by atoms with Gasteiger partial charge in [-0.25, -0.2) is 0 Å². The van der Waals surface area contributed by atoms with Gasteiger partial charge in [-0.2, -0.15) is 11.3 Å². The molecule has 0 bridgehead atoms. The maximum Gasteiger partial charge on any atom is 0.255 e. The van der Waals surface area contributed by atoms with Gasteiger partial charge in [0.2, 0.25) is 0 Å². The molecule has 0 fully saturated rings. The Kier molecular flexibility index (Phi) is 2.22. The summed E-state index contributed by atoms with van der Waals surface area (Å²) in [6.45, 7) is 1.31. The number of thiophene rings is 1. The molecule has 16 heavy (non-hydrogen) atoms. The summed E-state index contributed by atoms with van der Waals surface area (Å²) in [6, 6.07) is 5.81. The van der Waals surface area contributed by atoms with Crippen molar-refractivity contribution in [2.75, 3.05) is 0 Å². The minimum atomic E-state index is 0.0965. The largest absolute Gasteiger partial charge is 0.328 e. The van der Waals surface area contributed by atoms with E-state index in [9.17, 15) is 4.79 Å². The van der Waals surface area contributed by atoms with Crippen LogP contribution in [0.15, 0.2) is 35.2 Å². The van der Waals surface area contributed by atoms with E-state index in [2.05, 4.69) is 4.98 Å². The van der Waals surface area contributed by atoms with Crippen LogP contribution in [0.4, 0.5) is 0 Å². The normalized spacial score (nSPS) is 13.9. The Hall–Kier alpha value is -1.68. The zero-order valence-electron chi connectivity index (χ0n) is 8.59. The fourth-order valence-electron chi connectivity index (χ4n) is 1.91. The second-order valence-corrected chi connectivity index (χ2v) is 4.56. The number of rotatable bonds is 1. The number of nitrogens with zero attached hydrogens (tertiary/aromatic N) is 2. The molecule has 3 heterocycles. The molecular weight excluding hydrogens is 220 g/mol. The summed E-state index contributed by atoms with van der Waals surface area (Å²) in [5.41, 5.74) is 2.95. The quantitative estimate of drug-likeness (QED) is 0.753. The first-order chi connectivity index (χ1) is 7.84. The van der Waals surface area contributed by atoms with Gasteiger partial charge < -0.3 is 4.90 Å². The Bertz CT molecular complexity index is 497. The monoisotopic (exact) mass is 230 g/mol. The lowest BCUT2D eigenvalue weighted by atomic mass is 10.2. The van der Waals surface area contributed by atoms with E-state index in [1.165, 1.54) is 0 Å². The molecule has 1 aliphatic heterocycles. The van der Waals surface area contributed by atoms with Crippen LogP contribution in [0.25, 0.3) is 0 Å². The number of pyridine rings is 1. The lowest BCUT2D eigenvalue weighted by Gasteiger charge is -2.13. The zero-order chi connectivity index (χ0) is 11.0. The fourth-order valence-corrected chi connectivity index (χ4v) is 2.54. The molecule has 0 saturated heterocycles. The first-order valence-electron chi connectivity index (χ1n) is 5.09. The van der Waals surface area contributed by atoms with Crippen LogP contribution in [0.2, 0.25) is 0 Å². The van der Waals surface area contributed by atoms with Gasteiger partial charge in [-0.15, -0.1) is 0 Å². The van der Waals surface area contributed by atoms with Crippen LogP contribution in [0, 0.1) is 0 Å². The molecule has 0 aliphatic carbocycles. The molecule has 0 unspecified atom stereocenters. The predicted molar refractivity (Wildman–Crippen MR) is 62.1 cm³/mol. The molecule has 3 nitrogen and oxygen atoms in total. The van der Waals surface area contributed by atoms with Crippen molar-refractivity contribution in [3.8, 4) is 0 Å². The van der Waals surface area contributed by atoms with Gasteiger partial charge in [0.1, 0.15) is 0 Å². The van der Waals surface area contributed by atoms with Gasteiger partial charge in [0.25, 0.3) is 5.91 Å². The average molecular weight is 230 g/mol. The number of hydrogen-bond acceptors (Lipinski definition) is 3. The second kappa shape index (κ2) is 3.72. The number of fused-ring (bicyclic) bond motifs is 1. The summed E-state index contributed by atoms with van der Waals surface area (Å²) >= 11 is 1.55. The molecular formula is C12H10N2OS. The smallest absolute Gasteiger partial charge is 0.255 e. The summed E-state index contributed by atoms with van der Waals surface area (Å²) in [6.07, 6.45) is 1.78. The van der Waals surface area contributed by atoms with E-state index in [1.807, 2.05) is 33.9 Å². The van der Waals surface area contributed by atoms with E-state index in [0.717, 1.165) is 16.8 Å². The van der Waals surface area contributed by atoms with Gasteiger partial charge in [0.15, 0.2) is 0 Å². The standard InChI is InChI=1S/C12H10N2OS/c15-12(10-3-5-16-8-10)14-6-9-2-1-4-13-11(9)7-14/h1-5,8H,6-7H2. The minimum absolute atomic E-state index is 0.0965. The summed E-state index contributed by atoms with van der Waals surface area (Å²) in [5.74, 6) is 0.0965. The van der Waals surface area contributed by atoms with Crippen molar-refractivity contribution in [2.45, 2.75) is 13.1 Å². The highest BCUT2D eigenvalue weighted by molar-refractivity contribution is 7.08. The maximum atomic E-state index is 12.1. The summed E-state index contributed by atoms with van der Waals surface area (Å²) in [5, 5.41) is 3.81. The van der Waals surface area contributed by atoms with Crippen LogP contribution in [-0.4, -0.2) is 15.8 Å². The topological polar surface area (TPSA) is 33.2 Å². The summed E-state index contributed by atoms with van der Waals surface area (Å²) in [4.78, 5) is 18.2. The Morgan fingerprint density at radius 1 is 1.38 bits per heavy atom. The van der Waals surface area contributed by atoms with Crippen molar-refractivity contribution in [1.82, 2.24) is 9.88 Å². The van der Waals surface area contributed by atoms with Crippen molar-refractivity contribution in [3.05, 3.63) is 52.0 Å². The Morgan fingerprint density at radius 3 is 3.06 bits per heavy atom. The third-order valence-corrected chi connectivity index (χ3v) is 3.42. The first kappa shape index (κ1) is 9.54. The molecule has 3 rings (SSSR count). The highest BCUT2D eigenvalue weighted by Crippen LogP contribution is 2.22. The van der Waals surface area contributed by atoms with E-state index in [-0.39, 0.29) is 5.91 Å². The lowest BCUT2D eigenvalue weighted by Crippen LogP contribution is -2.24.